The number of hydrogen-bond acceptors (Lipinski definition) is 3. The molecule has 0 aliphatic carbocycles. The lowest BCUT2D eigenvalue weighted by molar-refractivity contribution is 0.202. The van der Waals surface area contributed by atoms with Crippen molar-refractivity contribution in [3.05, 3.63) is 65.2 Å². The summed E-state index contributed by atoms with van der Waals surface area (Å²) in [5.41, 5.74) is 9.79. The number of rotatable bonds is 7. The molecule has 0 heterocycles. The number of nitrogens with two attached hydrogens (primary N) is 1. The van der Waals surface area contributed by atoms with Crippen molar-refractivity contribution < 1.29 is 9.47 Å². The molecule has 0 fully saturated rings. The van der Waals surface area contributed by atoms with Gasteiger partial charge in [-0.15, -0.1) is 0 Å². The van der Waals surface area contributed by atoms with Crippen molar-refractivity contribution in [1.29, 1.82) is 0 Å². The van der Waals surface area contributed by atoms with Gasteiger partial charge in [-0.05, 0) is 42.2 Å². The van der Waals surface area contributed by atoms with Crippen molar-refractivity contribution in [3.8, 4) is 5.75 Å². The number of methoxy groups -OCH3 is 1. The molecule has 0 bridgehead atoms. The van der Waals surface area contributed by atoms with E-state index in [-0.39, 0.29) is 6.04 Å². The fourth-order valence-electron chi connectivity index (χ4n) is 2.24. The molecule has 112 valence electrons. The topological polar surface area (TPSA) is 44.5 Å². The minimum atomic E-state index is -0.114. The molecule has 2 N–H and O–H groups in total. The minimum absolute atomic E-state index is 0.114. The van der Waals surface area contributed by atoms with Crippen molar-refractivity contribution in [3.63, 3.8) is 0 Å². The highest BCUT2D eigenvalue weighted by Gasteiger charge is 2.09. The standard InChI is InChI=1S/C18H23NO2/c1-3-21-17-10-8-16(9-11-17)18(19)15-6-4-14(5-7-15)12-13-20-2/h4-11,18H,3,12-13,19H2,1-2H3. The first-order valence-electron chi connectivity index (χ1n) is 7.30. The van der Waals surface area contributed by atoms with Crippen molar-refractivity contribution in [1.82, 2.24) is 0 Å². The third-order valence-corrected chi connectivity index (χ3v) is 3.48. The molecule has 1 unspecified atom stereocenters. The Bertz CT molecular complexity index is 534. The maximum atomic E-state index is 6.33. The maximum absolute atomic E-state index is 6.33. The zero-order chi connectivity index (χ0) is 15.1. The SMILES string of the molecule is CCOc1ccc(C(N)c2ccc(CCOC)cc2)cc1. The van der Waals surface area contributed by atoms with Gasteiger partial charge in [-0.25, -0.2) is 0 Å². The summed E-state index contributed by atoms with van der Waals surface area (Å²) >= 11 is 0. The van der Waals surface area contributed by atoms with E-state index in [9.17, 15) is 0 Å². The molecule has 0 aromatic heterocycles. The predicted octanol–water partition coefficient (Wildman–Crippen LogP) is 3.32. The van der Waals surface area contributed by atoms with Crippen LogP contribution in [-0.4, -0.2) is 20.3 Å². The molecule has 0 amide bonds. The fraction of sp³-hybridized carbons (Fsp3) is 0.333. The van der Waals surface area contributed by atoms with Crippen LogP contribution in [-0.2, 0) is 11.2 Å². The van der Waals surface area contributed by atoms with Crippen LogP contribution < -0.4 is 10.5 Å². The normalized spacial score (nSPS) is 12.1. The van der Waals surface area contributed by atoms with Crippen LogP contribution in [0.3, 0.4) is 0 Å². The Morgan fingerprint density at radius 1 is 0.952 bits per heavy atom. The summed E-state index contributed by atoms with van der Waals surface area (Å²) in [4.78, 5) is 0. The molecule has 0 saturated carbocycles. The van der Waals surface area contributed by atoms with Gasteiger partial charge in [0.2, 0.25) is 0 Å². The van der Waals surface area contributed by atoms with Gasteiger partial charge < -0.3 is 15.2 Å². The summed E-state index contributed by atoms with van der Waals surface area (Å²) in [6.45, 7) is 3.39. The average molecular weight is 285 g/mol. The molecule has 3 heteroatoms. The smallest absolute Gasteiger partial charge is 0.119 e. The first-order chi connectivity index (χ1) is 10.2. The second kappa shape index (κ2) is 7.81. The summed E-state index contributed by atoms with van der Waals surface area (Å²) in [6, 6.07) is 16.3. The molecule has 2 aromatic carbocycles. The van der Waals surface area contributed by atoms with E-state index in [0.29, 0.717) is 6.61 Å². The van der Waals surface area contributed by atoms with E-state index in [1.54, 1.807) is 7.11 Å². The third kappa shape index (κ3) is 4.31. The van der Waals surface area contributed by atoms with Crippen LogP contribution in [0.5, 0.6) is 5.75 Å². The zero-order valence-electron chi connectivity index (χ0n) is 12.7. The molecular weight excluding hydrogens is 262 g/mol. The van der Waals surface area contributed by atoms with Gasteiger partial charge >= 0.3 is 0 Å². The van der Waals surface area contributed by atoms with Crippen LogP contribution in [0.4, 0.5) is 0 Å². The Balaban J connectivity index is 2.06. The number of hydrogen-bond donors (Lipinski definition) is 1. The highest BCUT2D eigenvalue weighted by atomic mass is 16.5. The van der Waals surface area contributed by atoms with Crippen molar-refractivity contribution in [2.75, 3.05) is 20.3 Å². The van der Waals surface area contributed by atoms with E-state index in [2.05, 4.69) is 24.3 Å². The molecule has 21 heavy (non-hydrogen) atoms. The van der Waals surface area contributed by atoms with Crippen molar-refractivity contribution >= 4 is 0 Å². The molecule has 0 aliphatic rings. The molecule has 0 radical (unpaired) electrons. The van der Waals surface area contributed by atoms with Crippen molar-refractivity contribution in [2.45, 2.75) is 19.4 Å². The van der Waals surface area contributed by atoms with Gasteiger partial charge in [-0.3, -0.25) is 0 Å². The third-order valence-electron chi connectivity index (χ3n) is 3.48. The summed E-state index contributed by atoms with van der Waals surface area (Å²) < 4.78 is 10.5. The van der Waals surface area contributed by atoms with Crippen molar-refractivity contribution in [2.24, 2.45) is 5.73 Å². The molecule has 0 aliphatic heterocycles. The Morgan fingerprint density at radius 2 is 1.52 bits per heavy atom. The predicted molar refractivity (Wildman–Crippen MR) is 85.7 cm³/mol. The lowest BCUT2D eigenvalue weighted by Crippen LogP contribution is -2.11. The van der Waals surface area contributed by atoms with Gasteiger partial charge in [-0.1, -0.05) is 36.4 Å². The fourth-order valence-corrected chi connectivity index (χ4v) is 2.24. The largest absolute Gasteiger partial charge is 0.494 e. The van der Waals surface area contributed by atoms with Gasteiger partial charge in [0.25, 0.3) is 0 Å². The average Bonchev–Trinajstić information content (AvgIpc) is 2.54. The summed E-state index contributed by atoms with van der Waals surface area (Å²) in [7, 11) is 1.72. The van der Waals surface area contributed by atoms with Crippen LogP contribution in [0.2, 0.25) is 0 Å². The first kappa shape index (κ1) is 15.5. The van der Waals surface area contributed by atoms with Gasteiger partial charge in [0.05, 0.1) is 19.3 Å². The van der Waals surface area contributed by atoms with E-state index < -0.39 is 0 Å². The minimum Gasteiger partial charge on any atom is -0.494 e. The van der Waals surface area contributed by atoms with Crippen LogP contribution >= 0.6 is 0 Å². The molecule has 3 nitrogen and oxygen atoms in total. The highest BCUT2D eigenvalue weighted by Crippen LogP contribution is 2.22. The molecule has 1 atom stereocenters. The monoisotopic (exact) mass is 285 g/mol. The van der Waals surface area contributed by atoms with Crippen LogP contribution in [0.1, 0.15) is 29.7 Å². The molecule has 2 aromatic rings. The molecule has 2 rings (SSSR count). The summed E-state index contributed by atoms with van der Waals surface area (Å²) in [6.07, 6.45) is 0.926. The van der Waals surface area contributed by atoms with Gasteiger partial charge in [0.1, 0.15) is 5.75 Å². The van der Waals surface area contributed by atoms with E-state index in [4.69, 9.17) is 15.2 Å². The van der Waals surface area contributed by atoms with Gasteiger partial charge in [-0.2, -0.15) is 0 Å². The molecule has 0 spiro atoms. The summed E-state index contributed by atoms with van der Waals surface area (Å²) in [5, 5.41) is 0. The van der Waals surface area contributed by atoms with E-state index >= 15 is 0 Å². The molecular formula is C18H23NO2. The number of benzene rings is 2. The summed E-state index contributed by atoms with van der Waals surface area (Å²) in [5.74, 6) is 0.878. The Morgan fingerprint density at radius 3 is 2.05 bits per heavy atom. The van der Waals surface area contributed by atoms with E-state index in [1.165, 1.54) is 5.56 Å². The van der Waals surface area contributed by atoms with Gasteiger partial charge in [0.15, 0.2) is 0 Å². The first-order valence-corrected chi connectivity index (χ1v) is 7.30. The zero-order valence-corrected chi connectivity index (χ0v) is 12.7. The maximum Gasteiger partial charge on any atom is 0.119 e. The Hall–Kier alpha value is -1.84. The van der Waals surface area contributed by atoms with Crippen LogP contribution in [0.25, 0.3) is 0 Å². The van der Waals surface area contributed by atoms with Crippen LogP contribution in [0.15, 0.2) is 48.5 Å². The van der Waals surface area contributed by atoms with Gasteiger partial charge in [0, 0.05) is 7.11 Å². The highest BCUT2D eigenvalue weighted by molar-refractivity contribution is 5.36. The second-order valence-electron chi connectivity index (χ2n) is 4.96. The van der Waals surface area contributed by atoms with E-state index in [0.717, 1.165) is 29.9 Å². The quantitative estimate of drug-likeness (QED) is 0.848. The van der Waals surface area contributed by atoms with E-state index in [1.807, 2.05) is 31.2 Å². The lowest BCUT2D eigenvalue weighted by atomic mass is 9.98. The number of ether oxygens (including phenoxy) is 2. The Labute approximate surface area is 126 Å². The Kier molecular flexibility index (Phi) is 5.78. The second-order valence-corrected chi connectivity index (χ2v) is 4.96. The lowest BCUT2D eigenvalue weighted by Gasteiger charge is -2.14. The molecule has 0 saturated heterocycles. The van der Waals surface area contributed by atoms with Crippen LogP contribution in [0, 0.1) is 0 Å².